The number of hydrogen-bond donors (Lipinski definition) is 1. The molecule has 1 saturated heterocycles. The lowest BCUT2D eigenvalue weighted by molar-refractivity contribution is 0.0932. The molecule has 5 nitrogen and oxygen atoms in total. The zero-order valence-electron chi connectivity index (χ0n) is 16.6. The van der Waals surface area contributed by atoms with Crippen LogP contribution in [-0.2, 0) is 22.2 Å². The van der Waals surface area contributed by atoms with Crippen LogP contribution in [0.3, 0.4) is 0 Å². The fourth-order valence-electron chi connectivity index (χ4n) is 4.34. The highest BCUT2D eigenvalue weighted by Gasteiger charge is 2.25. The predicted molar refractivity (Wildman–Crippen MR) is 114 cm³/mol. The lowest BCUT2D eigenvalue weighted by atomic mass is 9.87. The summed E-state index contributed by atoms with van der Waals surface area (Å²) in [5, 5.41) is 3.15. The molecule has 6 heteroatoms. The van der Waals surface area contributed by atoms with E-state index in [0.717, 1.165) is 44.1 Å². The van der Waals surface area contributed by atoms with Crippen LogP contribution in [0.2, 0.25) is 0 Å². The van der Waals surface area contributed by atoms with Gasteiger partial charge in [0.15, 0.2) is 0 Å². The number of nitrogens with one attached hydrogen (secondary N) is 1. The molecule has 0 bridgehead atoms. The van der Waals surface area contributed by atoms with E-state index in [2.05, 4.69) is 17.4 Å². The minimum atomic E-state index is -3.29. The maximum absolute atomic E-state index is 12.7. The molecule has 1 amide bonds. The van der Waals surface area contributed by atoms with Crippen molar-refractivity contribution in [1.29, 1.82) is 0 Å². The summed E-state index contributed by atoms with van der Waals surface area (Å²) >= 11 is 0. The zero-order chi connectivity index (χ0) is 20.3. The molecule has 1 fully saturated rings. The fourth-order valence-corrected chi connectivity index (χ4v) is 5.95. The van der Waals surface area contributed by atoms with Gasteiger partial charge in [-0.25, -0.2) is 12.7 Å². The SMILES string of the molecule is O=C(N[C@@H]1CCCc2ccccc21)c1ccc(CS(=O)(=O)N2CCCCC2)cc1. The van der Waals surface area contributed by atoms with Crippen molar-refractivity contribution in [1.82, 2.24) is 9.62 Å². The first-order valence-electron chi connectivity index (χ1n) is 10.5. The second kappa shape index (κ2) is 8.67. The third-order valence-electron chi connectivity index (χ3n) is 5.95. The lowest BCUT2D eigenvalue weighted by Crippen LogP contribution is -2.36. The Kier molecular flexibility index (Phi) is 6.01. The number of nitrogens with zero attached hydrogens (tertiary/aromatic N) is 1. The van der Waals surface area contributed by atoms with E-state index in [-0.39, 0.29) is 17.7 Å². The van der Waals surface area contributed by atoms with Crippen LogP contribution in [0.25, 0.3) is 0 Å². The summed E-state index contributed by atoms with van der Waals surface area (Å²) < 4.78 is 26.8. The van der Waals surface area contributed by atoms with Crippen molar-refractivity contribution in [3.8, 4) is 0 Å². The van der Waals surface area contributed by atoms with Crippen molar-refractivity contribution in [2.75, 3.05) is 13.1 Å². The van der Waals surface area contributed by atoms with Gasteiger partial charge >= 0.3 is 0 Å². The van der Waals surface area contributed by atoms with Crippen molar-refractivity contribution >= 4 is 15.9 Å². The maximum Gasteiger partial charge on any atom is 0.251 e. The summed E-state index contributed by atoms with van der Waals surface area (Å²) in [5.74, 6) is -0.123. The second-order valence-corrected chi connectivity index (χ2v) is 10.00. The Morgan fingerprint density at radius 3 is 2.45 bits per heavy atom. The molecule has 2 aromatic rings. The van der Waals surface area contributed by atoms with Crippen molar-refractivity contribution in [2.24, 2.45) is 0 Å². The van der Waals surface area contributed by atoms with E-state index < -0.39 is 10.0 Å². The Morgan fingerprint density at radius 1 is 0.966 bits per heavy atom. The van der Waals surface area contributed by atoms with Crippen LogP contribution in [0.1, 0.15) is 65.2 Å². The molecule has 29 heavy (non-hydrogen) atoms. The van der Waals surface area contributed by atoms with Gasteiger partial charge in [-0.1, -0.05) is 42.8 Å². The van der Waals surface area contributed by atoms with Gasteiger partial charge in [-0.05, 0) is 60.9 Å². The monoisotopic (exact) mass is 412 g/mol. The molecular weight excluding hydrogens is 384 g/mol. The highest BCUT2D eigenvalue weighted by Crippen LogP contribution is 2.29. The van der Waals surface area contributed by atoms with Crippen molar-refractivity contribution < 1.29 is 13.2 Å². The van der Waals surface area contributed by atoms with E-state index in [0.29, 0.717) is 18.7 Å². The van der Waals surface area contributed by atoms with Crippen LogP contribution in [-0.4, -0.2) is 31.7 Å². The molecule has 1 aliphatic heterocycles. The molecule has 0 aromatic heterocycles. The molecule has 1 N–H and O–H groups in total. The van der Waals surface area contributed by atoms with E-state index >= 15 is 0 Å². The lowest BCUT2D eigenvalue weighted by Gasteiger charge is -2.26. The molecule has 2 aromatic carbocycles. The number of carbonyl (C=O) groups excluding carboxylic acids is 1. The van der Waals surface area contributed by atoms with Crippen LogP contribution in [0.5, 0.6) is 0 Å². The molecule has 0 spiro atoms. The van der Waals surface area contributed by atoms with Gasteiger partial charge in [0, 0.05) is 18.7 Å². The summed E-state index contributed by atoms with van der Waals surface area (Å²) in [7, 11) is -3.29. The average Bonchev–Trinajstić information content (AvgIpc) is 2.75. The third kappa shape index (κ3) is 4.70. The molecule has 1 aliphatic carbocycles. The Morgan fingerprint density at radius 2 is 1.69 bits per heavy atom. The van der Waals surface area contributed by atoms with Crippen LogP contribution < -0.4 is 5.32 Å². The fraction of sp³-hybridized carbons (Fsp3) is 0.435. The minimum Gasteiger partial charge on any atom is -0.345 e. The summed E-state index contributed by atoms with van der Waals surface area (Å²) in [4.78, 5) is 12.7. The third-order valence-corrected chi connectivity index (χ3v) is 7.80. The number of hydrogen-bond acceptors (Lipinski definition) is 3. The zero-order valence-corrected chi connectivity index (χ0v) is 17.5. The van der Waals surface area contributed by atoms with Gasteiger partial charge in [0.1, 0.15) is 0 Å². The molecule has 4 rings (SSSR count). The molecule has 1 atom stereocenters. The van der Waals surface area contributed by atoms with Gasteiger partial charge in [0.05, 0.1) is 11.8 Å². The van der Waals surface area contributed by atoms with E-state index in [4.69, 9.17) is 0 Å². The second-order valence-electron chi connectivity index (χ2n) is 8.03. The van der Waals surface area contributed by atoms with Crippen molar-refractivity contribution in [3.63, 3.8) is 0 Å². The topological polar surface area (TPSA) is 66.5 Å². The molecule has 154 valence electrons. The number of rotatable bonds is 5. The molecule has 1 heterocycles. The van der Waals surface area contributed by atoms with Crippen LogP contribution in [0.4, 0.5) is 0 Å². The van der Waals surface area contributed by atoms with E-state index in [1.807, 2.05) is 12.1 Å². The van der Waals surface area contributed by atoms with Gasteiger partial charge in [0.25, 0.3) is 5.91 Å². The Balaban J connectivity index is 1.41. The van der Waals surface area contributed by atoms with Crippen LogP contribution in [0.15, 0.2) is 48.5 Å². The molecule has 0 radical (unpaired) electrons. The first-order chi connectivity index (χ1) is 14.0. The normalized spacial score (nSPS) is 20.1. The highest BCUT2D eigenvalue weighted by molar-refractivity contribution is 7.88. The number of amides is 1. The number of piperidine rings is 1. The minimum absolute atomic E-state index is 0.00903. The number of sulfonamides is 1. The summed E-state index contributed by atoms with van der Waals surface area (Å²) in [6.07, 6.45) is 6.03. The highest BCUT2D eigenvalue weighted by atomic mass is 32.2. The van der Waals surface area contributed by atoms with Crippen LogP contribution in [0, 0.1) is 0 Å². The summed E-state index contributed by atoms with van der Waals surface area (Å²) in [5.41, 5.74) is 3.79. The van der Waals surface area contributed by atoms with Gasteiger partial charge in [-0.2, -0.15) is 0 Å². The van der Waals surface area contributed by atoms with Crippen molar-refractivity contribution in [3.05, 3.63) is 70.8 Å². The molecule has 0 unspecified atom stereocenters. The van der Waals surface area contributed by atoms with Gasteiger partial charge in [-0.3, -0.25) is 4.79 Å². The van der Waals surface area contributed by atoms with Gasteiger partial charge in [-0.15, -0.1) is 0 Å². The largest absolute Gasteiger partial charge is 0.345 e. The quantitative estimate of drug-likeness (QED) is 0.812. The van der Waals surface area contributed by atoms with Crippen LogP contribution >= 0.6 is 0 Å². The first kappa shape index (κ1) is 20.1. The van der Waals surface area contributed by atoms with Crippen molar-refractivity contribution in [2.45, 2.75) is 50.3 Å². The summed E-state index contributed by atoms with van der Waals surface area (Å²) in [6, 6.07) is 15.3. The average molecular weight is 413 g/mol. The van der Waals surface area contributed by atoms with E-state index in [9.17, 15) is 13.2 Å². The number of fused-ring (bicyclic) bond motifs is 1. The van der Waals surface area contributed by atoms with Gasteiger partial charge in [0.2, 0.25) is 10.0 Å². The predicted octanol–water partition coefficient (Wildman–Crippen LogP) is 3.81. The van der Waals surface area contributed by atoms with Gasteiger partial charge < -0.3 is 5.32 Å². The standard InChI is InChI=1S/C23H28N2O3S/c26-23(24-22-10-6-8-19-7-2-3-9-21(19)22)20-13-11-18(12-14-20)17-29(27,28)25-15-4-1-5-16-25/h2-3,7,9,11-14,22H,1,4-6,8,10,15-17H2,(H,24,26)/t22-/m1/s1. The molecular formula is C23H28N2O3S. The Labute approximate surface area is 173 Å². The Hall–Kier alpha value is -2.18. The maximum atomic E-state index is 12.7. The molecule has 0 saturated carbocycles. The summed E-state index contributed by atoms with van der Waals surface area (Å²) in [6.45, 7) is 1.23. The number of aryl methyl sites for hydroxylation is 1. The smallest absolute Gasteiger partial charge is 0.251 e. The van der Waals surface area contributed by atoms with E-state index in [1.165, 1.54) is 11.1 Å². The number of carbonyl (C=O) groups is 1. The number of benzene rings is 2. The molecule has 2 aliphatic rings. The van der Waals surface area contributed by atoms with E-state index in [1.54, 1.807) is 28.6 Å². The first-order valence-corrected chi connectivity index (χ1v) is 12.1. The Bertz CT molecular complexity index is 964.